The minimum Gasteiger partial charge on any atom is -0.481 e. The van der Waals surface area contributed by atoms with Crippen molar-refractivity contribution in [3.63, 3.8) is 0 Å². The van der Waals surface area contributed by atoms with Crippen LogP contribution in [0.1, 0.15) is 48.6 Å². The van der Waals surface area contributed by atoms with E-state index in [4.69, 9.17) is 5.11 Å². The Kier molecular flexibility index (Phi) is 3.78. The molecule has 0 saturated heterocycles. The number of carboxylic acids is 1. The monoisotopic (exact) mass is 293 g/mol. The van der Waals surface area contributed by atoms with Gasteiger partial charge in [0.1, 0.15) is 0 Å². The van der Waals surface area contributed by atoms with Crippen LogP contribution in [-0.2, 0) is 16.0 Å². The summed E-state index contributed by atoms with van der Waals surface area (Å²) in [7, 11) is 0. The van der Waals surface area contributed by atoms with Gasteiger partial charge in [0, 0.05) is 10.8 Å². The van der Waals surface area contributed by atoms with Gasteiger partial charge in [-0.3, -0.25) is 9.59 Å². The number of hydrogen-bond donors (Lipinski definition) is 2. The van der Waals surface area contributed by atoms with E-state index >= 15 is 0 Å². The smallest absolute Gasteiger partial charge is 0.306 e. The van der Waals surface area contributed by atoms with E-state index in [0.29, 0.717) is 19.3 Å². The predicted molar refractivity (Wildman–Crippen MR) is 76.6 cm³/mol. The molecule has 1 aromatic heterocycles. The van der Waals surface area contributed by atoms with Crippen molar-refractivity contribution in [3.8, 4) is 0 Å². The number of carbonyl (C=O) groups excluding carboxylic acids is 1. The number of nitrogens with one attached hydrogen (secondary N) is 1. The summed E-state index contributed by atoms with van der Waals surface area (Å²) in [6.07, 6.45) is 5.04. The second kappa shape index (κ2) is 5.56. The average Bonchev–Trinajstić information content (AvgIpc) is 3.08. The Labute approximate surface area is 122 Å². The topological polar surface area (TPSA) is 66.4 Å². The van der Waals surface area contributed by atoms with E-state index in [1.54, 1.807) is 11.3 Å². The molecule has 2 N–H and O–H groups in total. The van der Waals surface area contributed by atoms with E-state index in [1.165, 1.54) is 10.4 Å². The van der Waals surface area contributed by atoms with Crippen molar-refractivity contribution in [2.45, 2.75) is 44.6 Å². The maximum absolute atomic E-state index is 12.3. The van der Waals surface area contributed by atoms with Gasteiger partial charge in [0.15, 0.2) is 0 Å². The van der Waals surface area contributed by atoms with Gasteiger partial charge in [-0.1, -0.05) is 0 Å². The zero-order valence-electron chi connectivity index (χ0n) is 11.3. The second-order valence-corrected chi connectivity index (χ2v) is 6.80. The molecule has 108 valence electrons. The summed E-state index contributed by atoms with van der Waals surface area (Å²) in [5.41, 5.74) is 1.27. The van der Waals surface area contributed by atoms with E-state index < -0.39 is 5.97 Å². The van der Waals surface area contributed by atoms with Crippen molar-refractivity contribution in [1.29, 1.82) is 0 Å². The second-order valence-electron chi connectivity index (χ2n) is 5.80. The molecule has 0 spiro atoms. The zero-order chi connectivity index (χ0) is 14.1. The molecule has 5 heteroatoms. The van der Waals surface area contributed by atoms with Crippen LogP contribution in [0, 0.1) is 11.8 Å². The molecular formula is C15H19NO3S. The van der Waals surface area contributed by atoms with Crippen LogP contribution in [0.5, 0.6) is 0 Å². The highest BCUT2D eigenvalue weighted by atomic mass is 32.1. The van der Waals surface area contributed by atoms with Gasteiger partial charge in [-0.05, 0) is 55.5 Å². The molecule has 1 aromatic rings. The summed E-state index contributed by atoms with van der Waals surface area (Å²) in [5, 5.41) is 14.2. The number of aliphatic carboxylic acids is 1. The molecule has 20 heavy (non-hydrogen) atoms. The van der Waals surface area contributed by atoms with Crippen molar-refractivity contribution in [3.05, 3.63) is 21.9 Å². The van der Waals surface area contributed by atoms with Crippen molar-refractivity contribution >= 4 is 23.2 Å². The molecule has 1 fully saturated rings. The standard InChI is InChI=1S/C15H19NO3S/c17-14(9-4-5-10(8-9)15(18)19)16-12-2-1-3-13-11(12)6-7-20-13/h6-7,9-10,12H,1-5,8H2,(H,16,17)(H,18,19)/t9-,10+,12?/m0/s1. The molecule has 0 bridgehead atoms. The summed E-state index contributed by atoms with van der Waals surface area (Å²) < 4.78 is 0. The summed E-state index contributed by atoms with van der Waals surface area (Å²) in [6, 6.07) is 2.24. The molecule has 1 amide bonds. The van der Waals surface area contributed by atoms with E-state index in [-0.39, 0.29) is 23.8 Å². The van der Waals surface area contributed by atoms with Crippen LogP contribution in [0.2, 0.25) is 0 Å². The summed E-state index contributed by atoms with van der Waals surface area (Å²) in [6.45, 7) is 0. The number of aryl methyl sites for hydroxylation is 1. The van der Waals surface area contributed by atoms with Crippen molar-refractivity contribution < 1.29 is 14.7 Å². The van der Waals surface area contributed by atoms with Crippen LogP contribution in [-0.4, -0.2) is 17.0 Å². The number of rotatable bonds is 3. The van der Waals surface area contributed by atoms with Crippen molar-refractivity contribution in [2.75, 3.05) is 0 Å². The lowest BCUT2D eigenvalue weighted by molar-refractivity contribution is -0.141. The van der Waals surface area contributed by atoms with Crippen LogP contribution in [0.25, 0.3) is 0 Å². The fourth-order valence-electron chi connectivity index (χ4n) is 3.37. The highest BCUT2D eigenvalue weighted by Gasteiger charge is 2.35. The maximum atomic E-state index is 12.3. The van der Waals surface area contributed by atoms with Gasteiger partial charge in [-0.25, -0.2) is 0 Å². The van der Waals surface area contributed by atoms with E-state index in [1.807, 2.05) is 0 Å². The molecule has 2 aliphatic carbocycles. The molecule has 0 aromatic carbocycles. The van der Waals surface area contributed by atoms with Crippen LogP contribution in [0.4, 0.5) is 0 Å². The number of carboxylic acid groups (broad SMARTS) is 1. The molecule has 1 saturated carbocycles. The molecule has 3 rings (SSSR count). The molecule has 3 atom stereocenters. The van der Waals surface area contributed by atoms with Gasteiger partial charge in [0.05, 0.1) is 12.0 Å². The molecule has 1 heterocycles. The summed E-state index contributed by atoms with van der Waals surface area (Å²) in [4.78, 5) is 24.7. The number of carbonyl (C=O) groups is 2. The Balaban J connectivity index is 1.62. The van der Waals surface area contributed by atoms with Gasteiger partial charge in [-0.2, -0.15) is 0 Å². The Hall–Kier alpha value is -1.36. The van der Waals surface area contributed by atoms with Crippen LogP contribution < -0.4 is 5.32 Å². The highest BCUT2D eigenvalue weighted by molar-refractivity contribution is 7.10. The lowest BCUT2D eigenvalue weighted by atomic mass is 9.93. The first-order valence-electron chi connectivity index (χ1n) is 7.24. The Morgan fingerprint density at radius 3 is 2.80 bits per heavy atom. The van der Waals surface area contributed by atoms with Crippen LogP contribution >= 0.6 is 11.3 Å². The van der Waals surface area contributed by atoms with E-state index in [0.717, 1.165) is 19.3 Å². The quantitative estimate of drug-likeness (QED) is 0.900. The van der Waals surface area contributed by atoms with Gasteiger partial charge in [0.25, 0.3) is 0 Å². The number of thiophene rings is 1. The first-order valence-corrected chi connectivity index (χ1v) is 8.12. The van der Waals surface area contributed by atoms with E-state index in [9.17, 15) is 9.59 Å². The summed E-state index contributed by atoms with van der Waals surface area (Å²) in [5.74, 6) is -1.19. The first-order chi connectivity index (χ1) is 9.65. The van der Waals surface area contributed by atoms with E-state index in [2.05, 4.69) is 16.8 Å². The average molecular weight is 293 g/mol. The molecule has 2 aliphatic rings. The third-order valence-corrected chi connectivity index (χ3v) is 5.52. The SMILES string of the molecule is O=C(O)[C@@H]1CC[C@H](C(=O)NC2CCCc3sccc32)C1. The largest absolute Gasteiger partial charge is 0.481 e. The van der Waals surface area contributed by atoms with Gasteiger partial charge < -0.3 is 10.4 Å². The molecule has 1 unspecified atom stereocenters. The Morgan fingerprint density at radius 2 is 2.05 bits per heavy atom. The summed E-state index contributed by atoms with van der Waals surface area (Å²) >= 11 is 1.76. The molecule has 4 nitrogen and oxygen atoms in total. The molecule has 0 radical (unpaired) electrons. The maximum Gasteiger partial charge on any atom is 0.306 e. The zero-order valence-corrected chi connectivity index (χ0v) is 12.1. The fraction of sp³-hybridized carbons (Fsp3) is 0.600. The Morgan fingerprint density at radius 1 is 1.25 bits per heavy atom. The first kappa shape index (κ1) is 13.6. The lowest BCUT2D eigenvalue weighted by Gasteiger charge is -2.25. The van der Waals surface area contributed by atoms with Gasteiger partial charge >= 0.3 is 5.97 Å². The fourth-order valence-corrected chi connectivity index (χ4v) is 4.36. The molecular weight excluding hydrogens is 274 g/mol. The Bertz CT molecular complexity index is 525. The van der Waals surface area contributed by atoms with Gasteiger partial charge in [-0.15, -0.1) is 11.3 Å². The predicted octanol–water partition coefficient (Wildman–Crippen LogP) is 2.74. The highest BCUT2D eigenvalue weighted by Crippen LogP contribution is 2.35. The minimum absolute atomic E-state index is 0.0396. The minimum atomic E-state index is -0.766. The number of amides is 1. The normalized spacial score (nSPS) is 28.9. The van der Waals surface area contributed by atoms with Crippen molar-refractivity contribution in [2.24, 2.45) is 11.8 Å². The van der Waals surface area contributed by atoms with Crippen molar-refractivity contribution in [1.82, 2.24) is 5.32 Å². The number of fused-ring (bicyclic) bond motifs is 1. The third kappa shape index (κ3) is 2.59. The third-order valence-electron chi connectivity index (χ3n) is 4.52. The molecule has 0 aliphatic heterocycles. The van der Waals surface area contributed by atoms with Crippen LogP contribution in [0.3, 0.4) is 0 Å². The lowest BCUT2D eigenvalue weighted by Crippen LogP contribution is -2.34. The van der Waals surface area contributed by atoms with Gasteiger partial charge in [0.2, 0.25) is 5.91 Å². The number of hydrogen-bond acceptors (Lipinski definition) is 3. The van der Waals surface area contributed by atoms with Crippen LogP contribution in [0.15, 0.2) is 11.4 Å².